The third-order valence-electron chi connectivity index (χ3n) is 9.81. The van der Waals surface area contributed by atoms with Crippen molar-refractivity contribution >= 4 is 5.91 Å². The quantitative estimate of drug-likeness (QED) is 0.0387. The van der Waals surface area contributed by atoms with Gasteiger partial charge in [0.1, 0.15) is 6.10 Å². The normalized spacial score (nSPS) is 13.9. The summed E-state index contributed by atoms with van der Waals surface area (Å²) in [6, 6.07) is -0.808. The summed E-state index contributed by atoms with van der Waals surface area (Å²) in [6.07, 6.45) is 45.8. The lowest BCUT2D eigenvalue weighted by Gasteiger charge is -2.26. The summed E-state index contributed by atoms with van der Waals surface area (Å²) < 4.78 is 0. The molecular weight excluding hydrogens is 594 g/mol. The summed E-state index contributed by atoms with van der Waals surface area (Å²) >= 11 is 0. The number of hydrogen-bond donors (Lipinski definition) is 4. The molecule has 0 saturated heterocycles. The molecule has 3 atom stereocenters. The van der Waals surface area contributed by atoms with Crippen LogP contribution in [0.2, 0.25) is 0 Å². The fourth-order valence-electron chi connectivity index (χ4n) is 6.49. The number of hydrogen-bond acceptors (Lipinski definition) is 4. The van der Waals surface area contributed by atoms with Crippen molar-refractivity contribution in [3.05, 3.63) is 24.3 Å². The van der Waals surface area contributed by atoms with Gasteiger partial charge in [-0.15, -0.1) is 0 Å². The molecule has 4 N–H and O–H groups in total. The zero-order valence-electron chi connectivity index (χ0n) is 32.1. The van der Waals surface area contributed by atoms with Crippen molar-refractivity contribution < 1.29 is 20.1 Å². The molecule has 0 spiro atoms. The Morgan fingerprint density at radius 1 is 0.521 bits per heavy atom. The molecule has 48 heavy (non-hydrogen) atoms. The Labute approximate surface area is 299 Å². The van der Waals surface area contributed by atoms with E-state index in [-0.39, 0.29) is 12.5 Å². The topological polar surface area (TPSA) is 89.8 Å². The molecule has 0 aromatic carbocycles. The molecule has 5 heteroatoms. The van der Waals surface area contributed by atoms with Gasteiger partial charge in [0.25, 0.3) is 0 Å². The zero-order valence-corrected chi connectivity index (χ0v) is 32.1. The maximum absolute atomic E-state index is 12.4. The Morgan fingerprint density at radius 3 is 1.31 bits per heavy atom. The molecule has 0 aliphatic heterocycles. The smallest absolute Gasteiger partial charge is 0.220 e. The van der Waals surface area contributed by atoms with Gasteiger partial charge in [-0.25, -0.2) is 0 Å². The van der Waals surface area contributed by atoms with Crippen molar-refractivity contribution in [1.29, 1.82) is 0 Å². The largest absolute Gasteiger partial charge is 0.394 e. The number of carbonyl (C=O) groups excluding carboxylic acids is 1. The average molecular weight is 678 g/mol. The minimum Gasteiger partial charge on any atom is -0.394 e. The lowest BCUT2D eigenvalue weighted by atomic mass is 9.99. The number of carbonyl (C=O) groups is 1. The minimum absolute atomic E-state index is 0.150. The van der Waals surface area contributed by atoms with E-state index in [2.05, 4.69) is 43.5 Å². The third kappa shape index (κ3) is 33.3. The van der Waals surface area contributed by atoms with Gasteiger partial charge >= 0.3 is 0 Å². The maximum atomic E-state index is 12.4. The molecule has 1 amide bonds. The van der Waals surface area contributed by atoms with E-state index in [1.807, 2.05) is 0 Å². The lowest BCUT2D eigenvalue weighted by molar-refractivity contribution is -0.124. The second-order valence-corrected chi connectivity index (χ2v) is 14.5. The van der Waals surface area contributed by atoms with E-state index < -0.39 is 18.2 Å². The SMILES string of the molecule is CCCCCCCCCCC/C=C\C/C=C\CCCCCCCCCCCC(=O)NC(CO)C(O)C(O)CCCCCCCCCCC. The molecule has 0 aliphatic carbocycles. The van der Waals surface area contributed by atoms with Gasteiger partial charge in [-0.2, -0.15) is 0 Å². The molecule has 0 saturated carbocycles. The van der Waals surface area contributed by atoms with Crippen LogP contribution >= 0.6 is 0 Å². The fourth-order valence-corrected chi connectivity index (χ4v) is 6.49. The molecule has 284 valence electrons. The van der Waals surface area contributed by atoms with Crippen LogP contribution in [0.25, 0.3) is 0 Å². The first-order chi connectivity index (χ1) is 23.6. The highest BCUT2D eigenvalue weighted by molar-refractivity contribution is 5.76. The molecule has 3 unspecified atom stereocenters. The van der Waals surface area contributed by atoms with Crippen molar-refractivity contribution in [2.75, 3.05) is 6.61 Å². The van der Waals surface area contributed by atoms with E-state index in [1.165, 1.54) is 148 Å². The molecule has 0 aliphatic rings. The number of allylic oxidation sites excluding steroid dienone is 4. The van der Waals surface area contributed by atoms with Crippen LogP contribution in [-0.4, -0.2) is 46.1 Å². The maximum Gasteiger partial charge on any atom is 0.220 e. The van der Waals surface area contributed by atoms with Crippen LogP contribution in [0.3, 0.4) is 0 Å². The summed E-state index contributed by atoms with van der Waals surface area (Å²) in [5.41, 5.74) is 0. The van der Waals surface area contributed by atoms with E-state index >= 15 is 0 Å². The Bertz CT molecular complexity index is 709. The molecule has 0 radical (unpaired) electrons. The predicted octanol–water partition coefficient (Wildman–Crippen LogP) is 11.8. The average Bonchev–Trinajstić information content (AvgIpc) is 3.09. The van der Waals surface area contributed by atoms with Crippen LogP contribution in [0, 0.1) is 0 Å². The first-order valence-electron chi connectivity index (χ1n) is 21.1. The zero-order chi connectivity index (χ0) is 35.2. The standard InChI is InChI=1S/C43H83NO4/c1-3-5-7-9-11-13-14-15-16-17-18-19-20-21-22-23-24-25-26-27-28-30-32-34-36-38-42(47)44-40(39-45)43(48)41(46)37-35-33-31-29-12-10-8-6-4-2/h18-19,21-22,40-41,43,45-46,48H,3-17,20,23-39H2,1-2H3,(H,44,47)/b19-18-,22-21-. The summed E-state index contributed by atoms with van der Waals surface area (Å²) in [4.78, 5) is 12.4. The molecule has 0 aromatic rings. The van der Waals surface area contributed by atoms with Crippen LogP contribution < -0.4 is 5.32 Å². The van der Waals surface area contributed by atoms with Gasteiger partial charge < -0.3 is 20.6 Å². The van der Waals surface area contributed by atoms with Crippen LogP contribution in [0.5, 0.6) is 0 Å². The highest BCUT2D eigenvalue weighted by Gasteiger charge is 2.26. The molecule has 0 bridgehead atoms. The van der Waals surface area contributed by atoms with Gasteiger partial charge in [0, 0.05) is 6.42 Å². The van der Waals surface area contributed by atoms with E-state index in [0.717, 1.165) is 44.9 Å². The van der Waals surface area contributed by atoms with Crippen LogP contribution in [0.15, 0.2) is 24.3 Å². The number of amides is 1. The Hall–Kier alpha value is -1.17. The predicted molar refractivity (Wildman–Crippen MR) is 208 cm³/mol. The Kier molecular flexibility index (Phi) is 37.7. The van der Waals surface area contributed by atoms with E-state index in [0.29, 0.717) is 12.8 Å². The van der Waals surface area contributed by atoms with Crippen molar-refractivity contribution in [2.45, 2.75) is 238 Å². The van der Waals surface area contributed by atoms with Crippen molar-refractivity contribution in [3.63, 3.8) is 0 Å². The second kappa shape index (κ2) is 38.6. The Balaban J connectivity index is 3.58. The van der Waals surface area contributed by atoms with Crippen molar-refractivity contribution in [1.82, 2.24) is 5.32 Å². The van der Waals surface area contributed by atoms with Crippen LogP contribution in [-0.2, 0) is 4.79 Å². The van der Waals surface area contributed by atoms with Gasteiger partial charge in [-0.3, -0.25) is 4.79 Å². The van der Waals surface area contributed by atoms with Gasteiger partial charge in [-0.1, -0.05) is 192 Å². The van der Waals surface area contributed by atoms with Gasteiger partial charge in [0.05, 0.1) is 18.8 Å². The monoisotopic (exact) mass is 678 g/mol. The second-order valence-electron chi connectivity index (χ2n) is 14.5. The minimum atomic E-state index is -1.13. The number of aliphatic hydroxyl groups is 3. The van der Waals surface area contributed by atoms with E-state index in [4.69, 9.17) is 0 Å². The molecule has 0 fully saturated rings. The summed E-state index contributed by atoms with van der Waals surface area (Å²) in [5, 5.41) is 33.3. The highest BCUT2D eigenvalue weighted by atomic mass is 16.3. The van der Waals surface area contributed by atoms with Crippen LogP contribution in [0.4, 0.5) is 0 Å². The number of aliphatic hydroxyl groups excluding tert-OH is 3. The van der Waals surface area contributed by atoms with E-state index in [9.17, 15) is 20.1 Å². The highest BCUT2D eigenvalue weighted by Crippen LogP contribution is 2.15. The Morgan fingerprint density at radius 2 is 0.896 bits per heavy atom. The summed E-state index contributed by atoms with van der Waals surface area (Å²) in [7, 11) is 0. The third-order valence-corrected chi connectivity index (χ3v) is 9.81. The van der Waals surface area contributed by atoms with Crippen LogP contribution in [0.1, 0.15) is 219 Å². The molecule has 0 aromatic heterocycles. The molecule has 0 heterocycles. The van der Waals surface area contributed by atoms with Gasteiger partial charge in [-0.05, 0) is 44.9 Å². The number of nitrogens with one attached hydrogen (secondary N) is 1. The molecular formula is C43H83NO4. The molecule has 0 rings (SSSR count). The van der Waals surface area contributed by atoms with Gasteiger partial charge in [0.15, 0.2) is 0 Å². The fraction of sp³-hybridized carbons (Fsp3) is 0.884. The first-order valence-corrected chi connectivity index (χ1v) is 21.1. The lowest BCUT2D eigenvalue weighted by Crippen LogP contribution is -2.50. The molecule has 5 nitrogen and oxygen atoms in total. The van der Waals surface area contributed by atoms with Crippen molar-refractivity contribution in [3.8, 4) is 0 Å². The van der Waals surface area contributed by atoms with E-state index in [1.54, 1.807) is 0 Å². The van der Waals surface area contributed by atoms with Crippen molar-refractivity contribution in [2.24, 2.45) is 0 Å². The summed E-state index contributed by atoms with van der Waals surface area (Å²) in [6.45, 7) is 4.15. The van der Waals surface area contributed by atoms with Gasteiger partial charge in [0.2, 0.25) is 5.91 Å². The number of unbranched alkanes of at least 4 members (excludes halogenated alkanes) is 26. The first kappa shape index (κ1) is 46.8. The summed E-state index contributed by atoms with van der Waals surface area (Å²) in [5.74, 6) is -0.150. The number of rotatable bonds is 38.